The van der Waals surface area contributed by atoms with E-state index in [1.54, 1.807) is 7.11 Å². The summed E-state index contributed by atoms with van der Waals surface area (Å²) in [5, 5.41) is 9.14. The Morgan fingerprint density at radius 1 is 1.22 bits per heavy atom. The van der Waals surface area contributed by atoms with E-state index in [4.69, 9.17) is 19.3 Å². The van der Waals surface area contributed by atoms with Crippen molar-refractivity contribution in [3.05, 3.63) is 22.2 Å². The van der Waals surface area contributed by atoms with E-state index in [-0.39, 0.29) is 39.6 Å². The lowest BCUT2D eigenvalue weighted by Crippen LogP contribution is -2.14. The highest BCUT2D eigenvalue weighted by Crippen LogP contribution is 2.36. The quantitative estimate of drug-likeness (QED) is 0.588. The number of ether oxygens (including phenoxy) is 3. The zero-order valence-electron chi connectivity index (χ0n) is 12.9. The van der Waals surface area contributed by atoms with Crippen molar-refractivity contribution in [2.75, 3.05) is 39.3 Å². The van der Waals surface area contributed by atoms with E-state index in [2.05, 4.69) is 15.9 Å². The standard InChI is InChI=1S/C14H19BrO7S/c1-3-23(18,19)11-5-4-10(14(16)17)12(15)13(11)22-9-8-21-7-6-20-2/h4-5H,3,6-9H2,1-2H3,(H,16,17). The number of carbonyl (C=O) groups is 1. The number of sulfone groups is 1. The zero-order chi connectivity index (χ0) is 17.5. The molecule has 1 aromatic rings. The van der Waals surface area contributed by atoms with Crippen molar-refractivity contribution in [2.45, 2.75) is 11.8 Å². The molecule has 0 aromatic heterocycles. The van der Waals surface area contributed by atoms with Crippen LogP contribution < -0.4 is 4.74 Å². The molecule has 0 fully saturated rings. The van der Waals surface area contributed by atoms with E-state index in [1.165, 1.54) is 19.1 Å². The maximum absolute atomic E-state index is 12.1. The Bertz CT molecular complexity index is 643. The molecule has 1 N–H and O–H groups in total. The number of aromatic carboxylic acids is 1. The third-order valence-corrected chi connectivity index (χ3v) is 5.45. The predicted octanol–water partition coefficient (Wildman–Crippen LogP) is 1.98. The van der Waals surface area contributed by atoms with Crippen molar-refractivity contribution in [3.8, 4) is 5.75 Å². The zero-order valence-corrected chi connectivity index (χ0v) is 15.3. The van der Waals surface area contributed by atoms with Crippen molar-refractivity contribution in [2.24, 2.45) is 0 Å². The average molecular weight is 411 g/mol. The average Bonchev–Trinajstić information content (AvgIpc) is 2.51. The van der Waals surface area contributed by atoms with Crippen LogP contribution in [0.3, 0.4) is 0 Å². The molecule has 0 radical (unpaired) electrons. The molecule has 0 saturated heterocycles. The summed E-state index contributed by atoms with van der Waals surface area (Å²) in [5.41, 5.74) is -0.0737. The summed E-state index contributed by atoms with van der Waals surface area (Å²) in [6.45, 7) is 2.63. The Kier molecular flexibility index (Phi) is 7.97. The van der Waals surface area contributed by atoms with Crippen LogP contribution in [-0.2, 0) is 19.3 Å². The lowest BCUT2D eigenvalue weighted by atomic mass is 10.2. The van der Waals surface area contributed by atoms with E-state index in [1.807, 2.05) is 0 Å². The molecule has 7 nitrogen and oxygen atoms in total. The van der Waals surface area contributed by atoms with Crippen LogP contribution in [-0.4, -0.2) is 58.8 Å². The number of carboxylic acid groups (broad SMARTS) is 1. The predicted molar refractivity (Wildman–Crippen MR) is 87.0 cm³/mol. The monoisotopic (exact) mass is 410 g/mol. The number of carboxylic acids is 1. The smallest absolute Gasteiger partial charge is 0.336 e. The van der Waals surface area contributed by atoms with Gasteiger partial charge in [0.25, 0.3) is 0 Å². The van der Waals surface area contributed by atoms with Crippen LogP contribution in [0, 0.1) is 0 Å². The summed E-state index contributed by atoms with van der Waals surface area (Å²) in [6, 6.07) is 2.48. The molecule has 0 amide bonds. The molecule has 0 atom stereocenters. The summed E-state index contributed by atoms with van der Waals surface area (Å²) in [7, 11) is -2.00. The van der Waals surface area contributed by atoms with Gasteiger partial charge in [-0.1, -0.05) is 6.92 Å². The first kappa shape index (κ1) is 19.9. The molecule has 0 saturated carbocycles. The van der Waals surface area contributed by atoms with Crippen LogP contribution in [0.4, 0.5) is 0 Å². The third kappa shape index (κ3) is 5.45. The fraction of sp³-hybridized carbons (Fsp3) is 0.500. The largest absolute Gasteiger partial charge is 0.489 e. The van der Waals surface area contributed by atoms with Gasteiger partial charge in [0, 0.05) is 7.11 Å². The summed E-state index contributed by atoms with van der Waals surface area (Å²) >= 11 is 3.12. The third-order valence-electron chi connectivity index (χ3n) is 2.91. The highest BCUT2D eigenvalue weighted by Gasteiger charge is 2.24. The summed E-state index contributed by atoms with van der Waals surface area (Å²) in [5.74, 6) is -1.31. The van der Waals surface area contributed by atoms with Crippen LogP contribution in [0.25, 0.3) is 0 Å². The molecular weight excluding hydrogens is 392 g/mol. The first-order valence-corrected chi connectivity index (χ1v) is 9.27. The van der Waals surface area contributed by atoms with Crippen LogP contribution >= 0.6 is 15.9 Å². The second-order valence-corrected chi connectivity index (χ2v) is 7.46. The Morgan fingerprint density at radius 2 is 1.87 bits per heavy atom. The highest BCUT2D eigenvalue weighted by molar-refractivity contribution is 9.10. The SMILES string of the molecule is CCS(=O)(=O)c1ccc(C(=O)O)c(Br)c1OCCOCCOC. The molecule has 1 aromatic carbocycles. The second-order valence-electron chi connectivity index (χ2n) is 4.42. The topological polar surface area (TPSA) is 99.1 Å². The van der Waals surface area contributed by atoms with Gasteiger partial charge in [0.05, 0.1) is 35.6 Å². The van der Waals surface area contributed by atoms with Gasteiger partial charge in [0.15, 0.2) is 15.6 Å². The van der Waals surface area contributed by atoms with Gasteiger partial charge in [-0.2, -0.15) is 0 Å². The van der Waals surface area contributed by atoms with Crippen molar-refractivity contribution in [1.82, 2.24) is 0 Å². The molecule has 0 heterocycles. The van der Waals surface area contributed by atoms with Gasteiger partial charge in [-0.05, 0) is 28.1 Å². The number of benzene rings is 1. The first-order chi connectivity index (χ1) is 10.8. The molecule has 9 heteroatoms. The van der Waals surface area contributed by atoms with E-state index < -0.39 is 15.8 Å². The van der Waals surface area contributed by atoms with Gasteiger partial charge >= 0.3 is 5.97 Å². The molecule has 23 heavy (non-hydrogen) atoms. The number of rotatable bonds is 10. The minimum atomic E-state index is -3.55. The van der Waals surface area contributed by atoms with Crippen molar-refractivity contribution < 1.29 is 32.5 Å². The Hall–Kier alpha value is -1.16. The number of hydrogen-bond acceptors (Lipinski definition) is 6. The van der Waals surface area contributed by atoms with E-state index >= 15 is 0 Å². The van der Waals surface area contributed by atoms with Crippen LogP contribution in [0.5, 0.6) is 5.75 Å². The number of halogens is 1. The minimum absolute atomic E-state index is 0.0120. The van der Waals surface area contributed by atoms with Gasteiger partial charge in [0.1, 0.15) is 11.5 Å². The van der Waals surface area contributed by atoms with Gasteiger partial charge < -0.3 is 19.3 Å². The highest BCUT2D eigenvalue weighted by atomic mass is 79.9. The molecule has 0 spiro atoms. The summed E-state index contributed by atoms with van der Waals surface area (Å²) in [4.78, 5) is 11.1. The molecule has 1 rings (SSSR count). The molecule has 0 aliphatic rings. The molecule has 0 unspecified atom stereocenters. The lowest BCUT2D eigenvalue weighted by Gasteiger charge is -2.15. The fourth-order valence-corrected chi connectivity index (χ4v) is 3.48. The summed E-state index contributed by atoms with van der Waals surface area (Å²) < 4.78 is 39.9. The Balaban J connectivity index is 3.01. The molecule has 0 bridgehead atoms. The fourth-order valence-electron chi connectivity index (χ4n) is 1.69. The van der Waals surface area contributed by atoms with E-state index in [9.17, 15) is 13.2 Å². The second kappa shape index (κ2) is 9.21. The normalized spacial score (nSPS) is 11.4. The number of hydrogen-bond donors (Lipinski definition) is 1. The van der Waals surface area contributed by atoms with Crippen molar-refractivity contribution >= 4 is 31.7 Å². The van der Waals surface area contributed by atoms with E-state index in [0.29, 0.717) is 13.2 Å². The van der Waals surface area contributed by atoms with Crippen molar-refractivity contribution in [3.63, 3.8) is 0 Å². The molecule has 0 aliphatic heterocycles. The van der Waals surface area contributed by atoms with E-state index in [0.717, 1.165) is 0 Å². The van der Waals surface area contributed by atoms with Gasteiger partial charge in [0.2, 0.25) is 0 Å². The molecule has 130 valence electrons. The van der Waals surface area contributed by atoms with Crippen LogP contribution in [0.1, 0.15) is 17.3 Å². The molecular formula is C14H19BrO7S. The Morgan fingerprint density at radius 3 is 2.43 bits per heavy atom. The lowest BCUT2D eigenvalue weighted by molar-refractivity contribution is 0.0537. The van der Waals surface area contributed by atoms with Gasteiger partial charge in [-0.15, -0.1) is 0 Å². The van der Waals surface area contributed by atoms with Gasteiger partial charge in [-0.3, -0.25) is 0 Å². The first-order valence-electron chi connectivity index (χ1n) is 6.83. The van der Waals surface area contributed by atoms with Crippen LogP contribution in [0.15, 0.2) is 21.5 Å². The van der Waals surface area contributed by atoms with Crippen molar-refractivity contribution in [1.29, 1.82) is 0 Å². The Labute approximate surface area is 143 Å². The minimum Gasteiger partial charge on any atom is -0.489 e. The molecule has 0 aliphatic carbocycles. The maximum Gasteiger partial charge on any atom is 0.336 e. The van der Waals surface area contributed by atoms with Crippen LogP contribution in [0.2, 0.25) is 0 Å². The maximum atomic E-state index is 12.1. The van der Waals surface area contributed by atoms with Gasteiger partial charge in [-0.25, -0.2) is 13.2 Å². The summed E-state index contributed by atoms with van der Waals surface area (Å²) in [6.07, 6.45) is 0. The number of methoxy groups -OCH3 is 1.